The smallest absolute Gasteiger partial charge is 0.407 e. The number of alkyl carbamates (subject to hydrolysis) is 1. The first-order valence-electron chi connectivity index (χ1n) is 28.9. The molecule has 1 amide bonds. The molecule has 2 aromatic rings. The van der Waals surface area contributed by atoms with Crippen LogP contribution < -0.4 is 5.32 Å². The summed E-state index contributed by atoms with van der Waals surface area (Å²) >= 11 is 0. The minimum absolute atomic E-state index is 0.0340. The summed E-state index contributed by atoms with van der Waals surface area (Å²) in [4.78, 5) is 12.3. The molecule has 1 aliphatic rings. The number of nitrogens with one attached hydrogen (secondary N) is 1. The molecule has 0 saturated carbocycles. The van der Waals surface area contributed by atoms with Crippen molar-refractivity contribution >= 4 is 6.09 Å². The molecule has 0 radical (unpaired) electrons. The van der Waals surface area contributed by atoms with Gasteiger partial charge in [-0.05, 0) is 28.7 Å². The van der Waals surface area contributed by atoms with E-state index in [4.69, 9.17) is 66.3 Å². The number of hydrogen-bond donors (Lipinski definition) is 1. The first kappa shape index (κ1) is 66.5. The second kappa shape index (κ2) is 51.9. The molecule has 0 fully saturated rings. The maximum absolute atomic E-state index is 12.3. The molecule has 75 heavy (non-hydrogen) atoms. The fourth-order valence-electron chi connectivity index (χ4n) is 8.37. The number of carbonyl (C=O) groups is 1. The third kappa shape index (κ3) is 38.4. The van der Waals surface area contributed by atoms with Crippen LogP contribution in [0.2, 0.25) is 0 Å². The predicted molar refractivity (Wildman–Crippen MR) is 293 cm³/mol. The summed E-state index contributed by atoms with van der Waals surface area (Å²) in [6.45, 7) is 16.3. The molecule has 16 nitrogen and oxygen atoms in total. The van der Waals surface area contributed by atoms with Crippen LogP contribution in [0.3, 0.4) is 0 Å². The van der Waals surface area contributed by atoms with Crippen LogP contribution in [0.15, 0.2) is 48.5 Å². The van der Waals surface area contributed by atoms with Gasteiger partial charge >= 0.3 is 6.09 Å². The average molecular weight is 1060 g/mol. The number of carbonyl (C=O) groups excluding carboxylic acids is 1. The number of amides is 1. The van der Waals surface area contributed by atoms with Gasteiger partial charge in [0.15, 0.2) is 0 Å². The summed E-state index contributed by atoms with van der Waals surface area (Å²) in [6, 6.07) is 16.5. The van der Waals surface area contributed by atoms with Gasteiger partial charge in [0.1, 0.15) is 6.61 Å². The Morgan fingerprint density at radius 3 is 0.893 bits per heavy atom. The molecule has 0 atom stereocenters. The lowest BCUT2D eigenvalue weighted by molar-refractivity contribution is -0.0290. The zero-order valence-corrected chi connectivity index (χ0v) is 46.4. The number of ether oxygens (including phenoxy) is 14. The number of fused-ring (bicyclic) bond motifs is 3. The highest BCUT2D eigenvalue weighted by Gasteiger charge is 2.29. The molecule has 1 aliphatic carbocycles. The van der Waals surface area contributed by atoms with Crippen molar-refractivity contribution in [1.82, 2.24) is 5.32 Å². The standard InChI is InChI=1S/C59H101NO15/c1-2-3-4-5-6-7-8-9-10-11-12-13-14-15-16-21-27-62-29-31-64-33-35-66-37-39-68-41-43-70-45-47-72-49-51-74-52-50-73-48-46-71-44-42-69-40-38-67-36-34-65-32-30-63-28-26-60-59(61)75-53-58-56-24-19-17-22-54(56)55-23-18-20-25-57(55)58/h17-20,22-25,58H,2-16,21,26-53H2,1H3,(H,60,61). The molecule has 0 aromatic heterocycles. The van der Waals surface area contributed by atoms with E-state index in [1.54, 1.807) is 0 Å². The lowest BCUT2D eigenvalue weighted by Crippen LogP contribution is -2.29. The van der Waals surface area contributed by atoms with Crippen LogP contribution in [0.1, 0.15) is 127 Å². The van der Waals surface area contributed by atoms with Crippen LogP contribution in [-0.2, 0) is 66.3 Å². The first-order chi connectivity index (χ1) is 37.3. The zero-order chi connectivity index (χ0) is 52.8. The van der Waals surface area contributed by atoms with Gasteiger partial charge in [-0.15, -0.1) is 0 Å². The van der Waals surface area contributed by atoms with E-state index in [0.717, 1.165) is 13.0 Å². The molecule has 0 aliphatic heterocycles. The maximum Gasteiger partial charge on any atom is 0.407 e. The molecular formula is C59H101NO15. The van der Waals surface area contributed by atoms with Gasteiger partial charge in [-0.25, -0.2) is 4.79 Å². The quantitative estimate of drug-likeness (QED) is 0.0624. The number of unbranched alkanes of at least 4 members (excludes halogenated alkanes) is 15. The first-order valence-corrected chi connectivity index (χ1v) is 28.9. The Hall–Kier alpha value is -2.81. The highest BCUT2D eigenvalue weighted by Crippen LogP contribution is 2.44. The minimum atomic E-state index is -0.452. The Morgan fingerprint density at radius 1 is 0.333 bits per heavy atom. The Morgan fingerprint density at radius 2 is 0.587 bits per heavy atom. The van der Waals surface area contributed by atoms with Crippen molar-refractivity contribution in [1.29, 1.82) is 0 Å². The highest BCUT2D eigenvalue weighted by atomic mass is 16.6. The molecule has 0 heterocycles. The van der Waals surface area contributed by atoms with E-state index in [-0.39, 0.29) is 12.5 Å². The summed E-state index contributed by atoms with van der Waals surface area (Å²) in [5.74, 6) is 0.0340. The lowest BCUT2D eigenvalue weighted by atomic mass is 9.98. The normalized spacial score (nSPS) is 12.2. The van der Waals surface area contributed by atoms with Crippen molar-refractivity contribution in [2.45, 2.75) is 116 Å². The number of hydrogen-bond acceptors (Lipinski definition) is 15. The number of benzene rings is 2. The maximum atomic E-state index is 12.3. The van der Waals surface area contributed by atoms with E-state index in [0.29, 0.717) is 172 Å². The van der Waals surface area contributed by atoms with E-state index in [1.807, 2.05) is 24.3 Å². The van der Waals surface area contributed by atoms with Gasteiger partial charge in [-0.3, -0.25) is 0 Å². The Balaban J connectivity index is 0.876. The largest absolute Gasteiger partial charge is 0.449 e. The summed E-state index contributed by atoms with van der Waals surface area (Å²) in [6.07, 6.45) is 21.7. The van der Waals surface area contributed by atoms with Gasteiger partial charge in [-0.2, -0.15) is 0 Å². The topological polar surface area (TPSA) is 158 Å². The van der Waals surface area contributed by atoms with Crippen molar-refractivity contribution in [3.63, 3.8) is 0 Å². The van der Waals surface area contributed by atoms with Crippen LogP contribution in [0.4, 0.5) is 4.79 Å². The second-order valence-corrected chi connectivity index (χ2v) is 18.5. The Bertz CT molecular complexity index is 1500. The van der Waals surface area contributed by atoms with Gasteiger partial charge < -0.3 is 71.6 Å². The summed E-state index contributed by atoms with van der Waals surface area (Å²) in [7, 11) is 0. The van der Waals surface area contributed by atoms with Crippen LogP contribution in [0.25, 0.3) is 11.1 Å². The van der Waals surface area contributed by atoms with Gasteiger partial charge in [0.2, 0.25) is 0 Å². The van der Waals surface area contributed by atoms with E-state index >= 15 is 0 Å². The van der Waals surface area contributed by atoms with E-state index in [9.17, 15) is 4.79 Å². The third-order valence-electron chi connectivity index (χ3n) is 12.5. The van der Waals surface area contributed by atoms with Gasteiger partial charge in [0, 0.05) is 19.1 Å². The number of rotatable bonds is 58. The highest BCUT2D eigenvalue weighted by molar-refractivity contribution is 5.79. The second-order valence-electron chi connectivity index (χ2n) is 18.5. The Kier molecular flexibility index (Phi) is 46.0. The van der Waals surface area contributed by atoms with Crippen molar-refractivity contribution in [3.05, 3.63) is 59.7 Å². The summed E-state index contributed by atoms with van der Waals surface area (Å²) in [5.41, 5.74) is 4.77. The molecule has 0 saturated heterocycles. The zero-order valence-electron chi connectivity index (χ0n) is 46.4. The van der Waals surface area contributed by atoms with Gasteiger partial charge in [-0.1, -0.05) is 152 Å². The Labute approximate surface area is 452 Å². The molecular weight excluding hydrogens is 963 g/mol. The van der Waals surface area contributed by atoms with E-state index in [1.165, 1.54) is 119 Å². The van der Waals surface area contributed by atoms with Crippen molar-refractivity contribution < 1.29 is 71.1 Å². The van der Waals surface area contributed by atoms with Crippen LogP contribution in [-0.4, -0.2) is 191 Å². The summed E-state index contributed by atoms with van der Waals surface area (Å²) in [5, 5.41) is 2.75. The van der Waals surface area contributed by atoms with E-state index in [2.05, 4.69) is 36.5 Å². The van der Waals surface area contributed by atoms with Crippen LogP contribution in [0, 0.1) is 0 Å². The van der Waals surface area contributed by atoms with Gasteiger partial charge in [0.25, 0.3) is 0 Å². The average Bonchev–Trinajstić information content (AvgIpc) is 3.75. The molecule has 0 unspecified atom stereocenters. The van der Waals surface area contributed by atoms with Crippen molar-refractivity contribution in [2.75, 3.05) is 185 Å². The third-order valence-corrected chi connectivity index (χ3v) is 12.5. The molecule has 16 heteroatoms. The molecule has 1 N–H and O–H groups in total. The van der Waals surface area contributed by atoms with Crippen molar-refractivity contribution in [3.8, 4) is 11.1 Å². The molecule has 3 rings (SSSR count). The predicted octanol–water partition coefficient (Wildman–Crippen LogP) is 10.0. The van der Waals surface area contributed by atoms with Gasteiger partial charge in [0.05, 0.1) is 165 Å². The van der Waals surface area contributed by atoms with Crippen molar-refractivity contribution in [2.24, 2.45) is 0 Å². The monoisotopic (exact) mass is 1060 g/mol. The molecule has 0 spiro atoms. The lowest BCUT2D eigenvalue weighted by Gasteiger charge is -2.14. The molecule has 432 valence electrons. The fourth-order valence-corrected chi connectivity index (χ4v) is 8.37. The summed E-state index contributed by atoms with van der Waals surface area (Å²) < 4.78 is 77.8. The molecule has 0 bridgehead atoms. The van der Waals surface area contributed by atoms with Crippen LogP contribution in [0.5, 0.6) is 0 Å². The SMILES string of the molecule is CCCCCCCCCCCCCCCCCCOCCOCCOCCOCCOCCOCCOCCOCCOCCOCCOCCOCCOCCNC(=O)OCC1c2ccccc2-c2ccccc21. The fraction of sp³-hybridized carbons (Fsp3) is 0.780. The molecule has 2 aromatic carbocycles. The van der Waals surface area contributed by atoms with Crippen LogP contribution >= 0.6 is 0 Å². The van der Waals surface area contributed by atoms with E-state index < -0.39 is 6.09 Å². The minimum Gasteiger partial charge on any atom is -0.449 e.